The molecule has 8 heteroatoms. The molecule has 1 aromatic heterocycles. The third-order valence-corrected chi connectivity index (χ3v) is 2.50. The highest BCUT2D eigenvalue weighted by atomic mass is 19.4. The minimum atomic E-state index is -4.54. The number of nitrogens with one attached hydrogen (secondary N) is 1. The second kappa shape index (κ2) is 6.41. The molecule has 1 atom stereocenters. The van der Waals surface area contributed by atoms with E-state index >= 15 is 0 Å². The zero-order chi connectivity index (χ0) is 15.3. The van der Waals surface area contributed by atoms with Crippen molar-refractivity contribution in [1.29, 1.82) is 5.26 Å². The van der Waals surface area contributed by atoms with Crippen LogP contribution in [0.2, 0.25) is 0 Å². The molecule has 0 saturated heterocycles. The van der Waals surface area contributed by atoms with Crippen LogP contribution >= 0.6 is 0 Å². The number of hydrogen-bond donors (Lipinski definition) is 1. The maximum atomic E-state index is 12.8. The van der Waals surface area contributed by atoms with Crippen LogP contribution in [0.3, 0.4) is 0 Å². The zero-order valence-electron chi connectivity index (χ0n) is 11.5. The summed E-state index contributed by atoms with van der Waals surface area (Å²) in [5.41, 5.74) is -1.00. The molecule has 1 aromatic rings. The summed E-state index contributed by atoms with van der Waals surface area (Å²) in [6, 6.07) is 2.91. The predicted molar refractivity (Wildman–Crippen MR) is 69.2 cm³/mol. The summed E-state index contributed by atoms with van der Waals surface area (Å²) < 4.78 is 38.4. The number of alkyl halides is 3. The van der Waals surface area contributed by atoms with Gasteiger partial charge < -0.3 is 10.2 Å². The smallest absolute Gasteiger partial charge is 0.358 e. The number of anilines is 2. The fourth-order valence-electron chi connectivity index (χ4n) is 1.56. The zero-order valence-corrected chi connectivity index (χ0v) is 11.5. The Kier molecular flexibility index (Phi) is 5.13. The Balaban J connectivity index is 3.12. The monoisotopic (exact) mass is 287 g/mol. The van der Waals surface area contributed by atoms with E-state index in [2.05, 4.69) is 15.3 Å². The summed E-state index contributed by atoms with van der Waals surface area (Å²) in [5, 5.41) is 11.4. The van der Waals surface area contributed by atoms with E-state index in [4.69, 9.17) is 5.26 Å². The molecule has 0 saturated carbocycles. The van der Waals surface area contributed by atoms with E-state index in [1.807, 2.05) is 6.07 Å². The van der Waals surface area contributed by atoms with Gasteiger partial charge in [0.15, 0.2) is 5.69 Å². The van der Waals surface area contributed by atoms with Gasteiger partial charge in [-0.1, -0.05) is 0 Å². The minimum Gasteiger partial charge on any atom is -0.358 e. The van der Waals surface area contributed by atoms with Gasteiger partial charge in [0.05, 0.1) is 12.0 Å². The van der Waals surface area contributed by atoms with Crippen LogP contribution in [-0.4, -0.2) is 30.1 Å². The van der Waals surface area contributed by atoms with Crippen LogP contribution in [0.5, 0.6) is 0 Å². The van der Waals surface area contributed by atoms with Gasteiger partial charge >= 0.3 is 6.18 Å². The lowest BCUT2D eigenvalue weighted by atomic mass is 10.2. The average Bonchev–Trinajstić information content (AvgIpc) is 2.37. The number of nitriles is 1. The molecule has 1 rings (SSSR count). The van der Waals surface area contributed by atoms with Crippen molar-refractivity contribution in [3.63, 3.8) is 0 Å². The van der Waals surface area contributed by atoms with Gasteiger partial charge in [-0.15, -0.1) is 0 Å². The first-order valence-corrected chi connectivity index (χ1v) is 6.08. The topological polar surface area (TPSA) is 64.8 Å². The second-order valence-electron chi connectivity index (χ2n) is 4.37. The Labute approximate surface area is 115 Å². The maximum absolute atomic E-state index is 12.8. The van der Waals surface area contributed by atoms with E-state index in [-0.39, 0.29) is 24.2 Å². The summed E-state index contributed by atoms with van der Waals surface area (Å²) in [6.07, 6.45) is -4.54. The predicted octanol–water partition coefficient (Wildman–Crippen LogP) is 2.52. The van der Waals surface area contributed by atoms with Gasteiger partial charge in [0, 0.05) is 26.2 Å². The second-order valence-corrected chi connectivity index (χ2v) is 4.37. The Morgan fingerprint density at radius 1 is 1.45 bits per heavy atom. The van der Waals surface area contributed by atoms with Crippen LogP contribution in [0.4, 0.5) is 24.9 Å². The molecule has 0 aliphatic rings. The van der Waals surface area contributed by atoms with Crippen molar-refractivity contribution >= 4 is 11.8 Å². The first kappa shape index (κ1) is 16.0. The quantitative estimate of drug-likeness (QED) is 0.901. The lowest BCUT2D eigenvalue weighted by molar-refractivity contribution is -0.141. The van der Waals surface area contributed by atoms with Crippen molar-refractivity contribution in [3.8, 4) is 6.07 Å². The SMILES string of the molecule is CCNc1nc(N(C)CC(C)C#N)cc(C(F)(F)F)n1. The Morgan fingerprint density at radius 2 is 2.10 bits per heavy atom. The third kappa shape index (κ3) is 4.26. The number of rotatable bonds is 5. The maximum Gasteiger partial charge on any atom is 0.433 e. The molecular weight excluding hydrogens is 271 g/mol. The summed E-state index contributed by atoms with van der Waals surface area (Å²) in [5.74, 6) is -0.258. The molecule has 0 aliphatic heterocycles. The molecule has 0 bridgehead atoms. The Hall–Kier alpha value is -2.04. The largest absolute Gasteiger partial charge is 0.433 e. The highest BCUT2D eigenvalue weighted by Gasteiger charge is 2.34. The van der Waals surface area contributed by atoms with Crippen LogP contribution < -0.4 is 10.2 Å². The molecule has 1 heterocycles. The normalized spacial score (nSPS) is 12.7. The highest BCUT2D eigenvalue weighted by molar-refractivity contribution is 5.45. The van der Waals surface area contributed by atoms with Crippen LogP contribution in [0.25, 0.3) is 0 Å². The van der Waals surface area contributed by atoms with E-state index in [0.29, 0.717) is 6.54 Å². The van der Waals surface area contributed by atoms with Crippen molar-refractivity contribution in [2.45, 2.75) is 20.0 Å². The fraction of sp³-hybridized carbons (Fsp3) is 0.583. The summed E-state index contributed by atoms with van der Waals surface area (Å²) in [6.45, 7) is 4.13. The standard InChI is InChI=1S/C12H16F3N5/c1-4-17-11-18-9(12(13,14)15)5-10(19-11)20(3)7-8(2)6-16/h5,8H,4,7H2,1-3H3,(H,17,18,19). The number of nitrogens with zero attached hydrogens (tertiary/aromatic N) is 4. The molecule has 0 fully saturated rings. The highest BCUT2D eigenvalue weighted by Crippen LogP contribution is 2.30. The third-order valence-electron chi connectivity index (χ3n) is 2.50. The molecule has 110 valence electrons. The van der Waals surface area contributed by atoms with Gasteiger partial charge in [0.1, 0.15) is 5.82 Å². The van der Waals surface area contributed by atoms with Crippen molar-refractivity contribution in [2.75, 3.05) is 30.4 Å². The Bertz CT molecular complexity index is 495. The molecule has 20 heavy (non-hydrogen) atoms. The fourth-order valence-corrected chi connectivity index (χ4v) is 1.56. The molecule has 0 spiro atoms. The van der Waals surface area contributed by atoms with E-state index < -0.39 is 11.9 Å². The first-order chi connectivity index (χ1) is 9.27. The van der Waals surface area contributed by atoms with Crippen LogP contribution in [0.1, 0.15) is 19.5 Å². The van der Waals surface area contributed by atoms with Crippen LogP contribution in [0, 0.1) is 17.2 Å². The van der Waals surface area contributed by atoms with Gasteiger partial charge in [-0.25, -0.2) is 4.98 Å². The summed E-state index contributed by atoms with van der Waals surface area (Å²) in [4.78, 5) is 8.96. The van der Waals surface area contributed by atoms with E-state index in [1.165, 1.54) is 4.90 Å². The molecule has 0 aromatic carbocycles. The van der Waals surface area contributed by atoms with Gasteiger partial charge in [-0.2, -0.15) is 23.4 Å². The van der Waals surface area contributed by atoms with Crippen LogP contribution in [-0.2, 0) is 6.18 Å². The molecule has 0 aliphatic carbocycles. The van der Waals surface area contributed by atoms with Gasteiger partial charge in [-0.3, -0.25) is 0 Å². The van der Waals surface area contributed by atoms with Crippen molar-refractivity contribution in [2.24, 2.45) is 5.92 Å². The molecule has 0 amide bonds. The first-order valence-electron chi connectivity index (χ1n) is 6.08. The molecule has 0 radical (unpaired) electrons. The lowest BCUT2D eigenvalue weighted by Gasteiger charge is -2.21. The minimum absolute atomic E-state index is 0.0752. The molecule has 1 N–H and O–H groups in total. The van der Waals surface area contributed by atoms with Crippen molar-refractivity contribution < 1.29 is 13.2 Å². The van der Waals surface area contributed by atoms with Crippen LogP contribution in [0.15, 0.2) is 6.07 Å². The number of halogens is 3. The van der Waals surface area contributed by atoms with Gasteiger partial charge in [0.2, 0.25) is 5.95 Å². The van der Waals surface area contributed by atoms with Crippen molar-refractivity contribution in [3.05, 3.63) is 11.8 Å². The number of aromatic nitrogens is 2. The molecule has 5 nitrogen and oxygen atoms in total. The summed E-state index contributed by atoms with van der Waals surface area (Å²) >= 11 is 0. The van der Waals surface area contributed by atoms with E-state index in [9.17, 15) is 13.2 Å². The van der Waals surface area contributed by atoms with Gasteiger partial charge in [0.25, 0.3) is 0 Å². The van der Waals surface area contributed by atoms with Crippen molar-refractivity contribution in [1.82, 2.24) is 9.97 Å². The average molecular weight is 287 g/mol. The molecule has 1 unspecified atom stereocenters. The van der Waals surface area contributed by atoms with E-state index in [1.54, 1.807) is 20.9 Å². The lowest BCUT2D eigenvalue weighted by Crippen LogP contribution is -2.25. The molecular formula is C12H16F3N5. The number of hydrogen-bond acceptors (Lipinski definition) is 5. The van der Waals surface area contributed by atoms with E-state index in [0.717, 1.165) is 6.07 Å². The Morgan fingerprint density at radius 3 is 2.60 bits per heavy atom. The summed E-state index contributed by atoms with van der Waals surface area (Å²) in [7, 11) is 1.59. The van der Waals surface area contributed by atoms with Gasteiger partial charge in [-0.05, 0) is 13.8 Å².